The van der Waals surface area contributed by atoms with Crippen molar-refractivity contribution in [3.8, 4) is 11.5 Å². The lowest BCUT2D eigenvalue weighted by molar-refractivity contribution is 0.113. The summed E-state index contributed by atoms with van der Waals surface area (Å²) >= 11 is 1.35. The number of ether oxygens (including phenoxy) is 1. The first-order valence-corrected chi connectivity index (χ1v) is 11.6. The third kappa shape index (κ3) is 3.94. The maximum absolute atomic E-state index is 13.1. The smallest absolute Gasteiger partial charge is 0.262 e. The Bertz CT molecular complexity index is 1140. The molecule has 1 N–H and O–H groups in total. The Kier molecular flexibility index (Phi) is 5.00. The highest BCUT2D eigenvalue weighted by Crippen LogP contribution is 2.43. The zero-order chi connectivity index (χ0) is 20.8. The molecule has 0 saturated carbocycles. The summed E-state index contributed by atoms with van der Waals surface area (Å²) in [5.41, 5.74) is 2.68. The van der Waals surface area contributed by atoms with Crippen LogP contribution < -0.4 is 4.72 Å². The van der Waals surface area contributed by atoms with E-state index in [9.17, 15) is 8.42 Å². The first kappa shape index (κ1) is 20.1. The van der Waals surface area contributed by atoms with Crippen molar-refractivity contribution in [2.45, 2.75) is 51.0 Å². The number of aryl methyl sites for hydroxylation is 1. The molecule has 3 heterocycles. The number of nitrogens with one attached hydrogen (secondary N) is 1. The molecule has 0 spiro atoms. The van der Waals surface area contributed by atoms with Gasteiger partial charge in [0.15, 0.2) is 5.82 Å². The van der Waals surface area contributed by atoms with Gasteiger partial charge in [-0.2, -0.15) is 4.98 Å². The van der Waals surface area contributed by atoms with Crippen LogP contribution in [0.15, 0.2) is 33.7 Å². The molecular formula is C20H23N3O4S2. The van der Waals surface area contributed by atoms with Gasteiger partial charge in [0.25, 0.3) is 15.9 Å². The molecule has 1 aliphatic rings. The summed E-state index contributed by atoms with van der Waals surface area (Å²) in [7, 11) is -3.77. The fourth-order valence-electron chi connectivity index (χ4n) is 3.24. The fourth-order valence-corrected chi connectivity index (χ4v) is 5.73. The van der Waals surface area contributed by atoms with Gasteiger partial charge in [-0.25, -0.2) is 8.42 Å². The van der Waals surface area contributed by atoms with Crippen molar-refractivity contribution in [1.82, 2.24) is 10.1 Å². The van der Waals surface area contributed by atoms with Crippen molar-refractivity contribution in [2.75, 3.05) is 11.3 Å². The van der Waals surface area contributed by atoms with Crippen molar-refractivity contribution in [3.63, 3.8) is 0 Å². The Morgan fingerprint density at radius 1 is 1.17 bits per heavy atom. The Labute approximate surface area is 174 Å². The molecule has 7 nitrogen and oxygen atoms in total. The minimum Gasteiger partial charge on any atom is -0.376 e. The predicted octanol–water partition coefficient (Wildman–Crippen LogP) is 4.28. The van der Waals surface area contributed by atoms with E-state index < -0.39 is 10.0 Å². The lowest BCUT2D eigenvalue weighted by atomic mass is 9.87. The van der Waals surface area contributed by atoms with Gasteiger partial charge in [-0.3, -0.25) is 4.72 Å². The monoisotopic (exact) mass is 433 g/mol. The van der Waals surface area contributed by atoms with Crippen LogP contribution in [0.3, 0.4) is 0 Å². The average Bonchev–Trinajstić information content (AvgIpc) is 3.23. The van der Waals surface area contributed by atoms with Crippen LogP contribution in [0, 0.1) is 6.92 Å². The van der Waals surface area contributed by atoms with Gasteiger partial charge in [-0.1, -0.05) is 38.1 Å². The fraction of sp³-hybridized carbons (Fsp3) is 0.400. The summed E-state index contributed by atoms with van der Waals surface area (Å²) in [6, 6.07) is 6.97. The van der Waals surface area contributed by atoms with E-state index in [1.54, 1.807) is 19.1 Å². The maximum Gasteiger partial charge on any atom is 0.262 e. The Hall–Kier alpha value is -2.23. The van der Waals surface area contributed by atoms with Crippen molar-refractivity contribution in [1.29, 1.82) is 0 Å². The zero-order valence-corrected chi connectivity index (χ0v) is 18.4. The van der Waals surface area contributed by atoms with E-state index in [1.807, 2.05) is 12.1 Å². The lowest BCUT2D eigenvalue weighted by Gasteiger charge is -2.19. The number of benzene rings is 1. The van der Waals surface area contributed by atoms with Crippen molar-refractivity contribution < 1.29 is 17.7 Å². The van der Waals surface area contributed by atoms with Gasteiger partial charge in [-0.05, 0) is 42.0 Å². The predicted molar refractivity (Wildman–Crippen MR) is 112 cm³/mol. The molecule has 0 aliphatic carbocycles. The van der Waals surface area contributed by atoms with Crippen molar-refractivity contribution in [3.05, 3.63) is 46.1 Å². The van der Waals surface area contributed by atoms with E-state index in [2.05, 4.69) is 35.6 Å². The van der Waals surface area contributed by atoms with Crippen LogP contribution in [0.5, 0.6) is 0 Å². The van der Waals surface area contributed by atoms with Gasteiger partial charge < -0.3 is 9.26 Å². The minimum absolute atomic E-state index is 0.0501. The number of nitrogens with zero attached hydrogens (tertiary/aromatic N) is 2. The molecule has 0 unspecified atom stereocenters. The number of sulfonamides is 1. The molecule has 0 amide bonds. The van der Waals surface area contributed by atoms with Crippen LogP contribution in [0.1, 0.15) is 42.6 Å². The molecule has 1 aromatic carbocycles. The molecule has 0 atom stereocenters. The Balaban J connectivity index is 1.73. The zero-order valence-electron chi connectivity index (χ0n) is 16.8. The number of anilines is 1. The van der Waals surface area contributed by atoms with E-state index in [0.29, 0.717) is 41.9 Å². The van der Waals surface area contributed by atoms with Crippen LogP contribution in [-0.4, -0.2) is 25.2 Å². The average molecular weight is 434 g/mol. The molecule has 0 fully saturated rings. The largest absolute Gasteiger partial charge is 0.376 e. The summed E-state index contributed by atoms with van der Waals surface area (Å²) in [5, 5.41) is 4.34. The molecular weight excluding hydrogens is 410 g/mol. The van der Waals surface area contributed by atoms with Crippen molar-refractivity contribution in [2.24, 2.45) is 0 Å². The van der Waals surface area contributed by atoms with E-state index in [4.69, 9.17) is 9.26 Å². The second-order valence-corrected chi connectivity index (χ2v) is 10.8. The Morgan fingerprint density at radius 2 is 1.90 bits per heavy atom. The van der Waals surface area contributed by atoms with Crippen molar-refractivity contribution >= 4 is 26.4 Å². The second kappa shape index (κ2) is 7.23. The van der Waals surface area contributed by atoms with Crippen LogP contribution in [0.4, 0.5) is 5.00 Å². The molecule has 1 aliphatic heterocycles. The minimum atomic E-state index is -3.77. The summed E-state index contributed by atoms with van der Waals surface area (Å²) in [4.78, 5) is 5.50. The van der Waals surface area contributed by atoms with E-state index in [0.717, 1.165) is 16.0 Å². The second-order valence-electron chi connectivity index (χ2n) is 8.04. The molecule has 0 bridgehead atoms. The highest BCUT2D eigenvalue weighted by atomic mass is 32.2. The number of fused-ring (bicyclic) bond motifs is 1. The summed E-state index contributed by atoms with van der Waals surface area (Å²) in [5.74, 6) is 0.821. The van der Waals surface area contributed by atoms with Crippen LogP contribution in [0.25, 0.3) is 11.5 Å². The van der Waals surface area contributed by atoms with E-state index in [-0.39, 0.29) is 10.3 Å². The SMILES string of the molecule is Cc1noc(-c2c(NS(=O)(=O)c3ccc(C(C)(C)C)cc3)sc3c2CCOC3)n1. The first-order chi connectivity index (χ1) is 13.6. The number of hydrogen-bond donors (Lipinski definition) is 1. The topological polar surface area (TPSA) is 94.3 Å². The van der Waals surface area contributed by atoms with Crippen LogP contribution in [-0.2, 0) is 33.2 Å². The number of aromatic nitrogens is 2. The van der Waals surface area contributed by atoms with Gasteiger partial charge >= 0.3 is 0 Å². The summed E-state index contributed by atoms with van der Waals surface area (Å²) in [6.45, 7) is 9.02. The third-order valence-electron chi connectivity index (χ3n) is 4.82. The maximum atomic E-state index is 13.1. The highest BCUT2D eigenvalue weighted by Gasteiger charge is 2.28. The molecule has 29 heavy (non-hydrogen) atoms. The van der Waals surface area contributed by atoms with E-state index in [1.165, 1.54) is 11.3 Å². The molecule has 2 aromatic heterocycles. The van der Waals surface area contributed by atoms with Crippen LogP contribution >= 0.6 is 11.3 Å². The summed E-state index contributed by atoms with van der Waals surface area (Å²) in [6.07, 6.45) is 0.671. The molecule has 0 saturated heterocycles. The first-order valence-electron chi connectivity index (χ1n) is 9.31. The highest BCUT2D eigenvalue weighted by molar-refractivity contribution is 7.93. The van der Waals surface area contributed by atoms with Gasteiger partial charge in [0.2, 0.25) is 0 Å². The number of rotatable bonds is 4. The molecule has 0 radical (unpaired) electrons. The number of hydrogen-bond acceptors (Lipinski definition) is 7. The third-order valence-corrected chi connectivity index (χ3v) is 7.44. The quantitative estimate of drug-likeness (QED) is 0.660. The standard InChI is InChI=1S/C20H23N3O4S2/c1-12-21-18(27-22-12)17-15-9-10-26-11-16(15)28-19(17)23-29(24,25)14-7-5-13(6-8-14)20(2,3)4/h5-8,23H,9-11H2,1-4H3. The molecule has 154 valence electrons. The number of thiophene rings is 1. The van der Waals surface area contributed by atoms with Gasteiger partial charge in [-0.15, -0.1) is 11.3 Å². The Morgan fingerprint density at radius 3 is 2.52 bits per heavy atom. The molecule has 4 rings (SSSR count). The van der Waals surface area contributed by atoms with Crippen LogP contribution in [0.2, 0.25) is 0 Å². The van der Waals surface area contributed by atoms with Gasteiger partial charge in [0.1, 0.15) is 5.00 Å². The normalized spacial score (nSPS) is 14.6. The van der Waals surface area contributed by atoms with Gasteiger partial charge in [0.05, 0.1) is 23.7 Å². The van der Waals surface area contributed by atoms with E-state index >= 15 is 0 Å². The van der Waals surface area contributed by atoms with Gasteiger partial charge in [0, 0.05) is 4.88 Å². The molecule has 3 aromatic rings. The summed E-state index contributed by atoms with van der Waals surface area (Å²) < 4.78 is 39.7. The molecule has 9 heteroatoms. The lowest BCUT2D eigenvalue weighted by Crippen LogP contribution is -2.15.